The Kier molecular flexibility index (Phi) is 13.1. The van der Waals surface area contributed by atoms with Gasteiger partial charge in [-0.1, -0.05) is 48.6 Å². The van der Waals surface area contributed by atoms with Crippen LogP contribution >= 0.6 is 0 Å². The standard InChI is InChI=1S/C26H44N2O4/c1-11-15-25(16-12-2,23(29)31-21(5)19-27(7)8)26(17-13-3,18-14-4)24(30)32-22(6)20-28(9)10/h11-18,21-22H,19-20H2,1-10H3/b15-11-,16-12-,17-13-,18-14+/t21-,22-,26?/m0/s1. The molecule has 182 valence electrons. The molecule has 3 atom stereocenters. The summed E-state index contributed by atoms with van der Waals surface area (Å²) in [7, 11) is 7.68. The molecule has 0 spiro atoms. The van der Waals surface area contributed by atoms with Gasteiger partial charge >= 0.3 is 11.9 Å². The molecule has 0 aliphatic carbocycles. The number of hydrogen-bond acceptors (Lipinski definition) is 6. The zero-order chi connectivity index (χ0) is 24.9. The average Bonchev–Trinajstić information content (AvgIpc) is 2.65. The highest BCUT2D eigenvalue weighted by molar-refractivity contribution is 5.95. The summed E-state index contributed by atoms with van der Waals surface area (Å²) in [5.74, 6) is -1.01. The van der Waals surface area contributed by atoms with E-state index >= 15 is 0 Å². The van der Waals surface area contributed by atoms with Crippen LogP contribution in [0.3, 0.4) is 0 Å². The molecule has 1 unspecified atom stereocenters. The van der Waals surface area contributed by atoms with Crippen LogP contribution in [0.5, 0.6) is 0 Å². The normalized spacial score (nSPS) is 17.0. The van der Waals surface area contributed by atoms with Gasteiger partial charge in [-0.2, -0.15) is 0 Å². The van der Waals surface area contributed by atoms with E-state index in [1.807, 2.05) is 79.5 Å². The van der Waals surface area contributed by atoms with Gasteiger partial charge in [0.1, 0.15) is 23.0 Å². The number of allylic oxidation sites excluding steroid dienone is 4. The van der Waals surface area contributed by atoms with Gasteiger partial charge in [0, 0.05) is 13.1 Å². The summed E-state index contributed by atoms with van der Waals surface area (Å²) in [6, 6.07) is 0. The smallest absolute Gasteiger partial charge is 0.322 e. The van der Waals surface area contributed by atoms with Crippen molar-refractivity contribution in [3.63, 3.8) is 0 Å². The van der Waals surface area contributed by atoms with Crippen LogP contribution in [-0.2, 0) is 19.1 Å². The van der Waals surface area contributed by atoms with E-state index < -0.39 is 22.8 Å². The molecule has 0 aromatic rings. The van der Waals surface area contributed by atoms with Gasteiger partial charge in [-0.05, 0) is 69.7 Å². The van der Waals surface area contributed by atoms with Crippen molar-refractivity contribution in [1.82, 2.24) is 9.80 Å². The summed E-state index contributed by atoms with van der Waals surface area (Å²) >= 11 is 0. The molecule has 0 saturated heterocycles. The molecule has 0 heterocycles. The van der Waals surface area contributed by atoms with Crippen molar-refractivity contribution in [2.45, 2.75) is 53.8 Å². The highest BCUT2D eigenvalue weighted by atomic mass is 16.6. The fourth-order valence-electron chi connectivity index (χ4n) is 3.99. The molecule has 0 aliphatic rings. The first kappa shape index (κ1) is 29.8. The van der Waals surface area contributed by atoms with Gasteiger partial charge in [-0.25, -0.2) is 0 Å². The number of likely N-dealkylation sites (N-methyl/N-ethyl adjacent to an activating group) is 2. The van der Waals surface area contributed by atoms with E-state index in [1.54, 1.807) is 48.6 Å². The largest absolute Gasteiger partial charge is 0.460 e. The lowest BCUT2D eigenvalue weighted by Crippen LogP contribution is -2.51. The minimum absolute atomic E-state index is 0.356. The molecule has 0 aliphatic heterocycles. The quantitative estimate of drug-likeness (QED) is 0.310. The Balaban J connectivity index is 6.79. The van der Waals surface area contributed by atoms with Crippen LogP contribution in [0.4, 0.5) is 0 Å². The second-order valence-corrected chi connectivity index (χ2v) is 8.69. The fraction of sp³-hybridized carbons (Fsp3) is 0.615. The van der Waals surface area contributed by atoms with Crippen LogP contribution < -0.4 is 0 Å². The summed E-state index contributed by atoms with van der Waals surface area (Å²) in [6.07, 6.45) is 13.3. The summed E-state index contributed by atoms with van der Waals surface area (Å²) < 4.78 is 11.8. The lowest BCUT2D eigenvalue weighted by Gasteiger charge is -2.41. The topological polar surface area (TPSA) is 59.1 Å². The van der Waals surface area contributed by atoms with E-state index in [0.29, 0.717) is 13.1 Å². The van der Waals surface area contributed by atoms with E-state index in [0.717, 1.165) is 0 Å². The molecule has 32 heavy (non-hydrogen) atoms. The highest BCUT2D eigenvalue weighted by Gasteiger charge is 2.57. The predicted molar refractivity (Wildman–Crippen MR) is 132 cm³/mol. The lowest BCUT2D eigenvalue weighted by molar-refractivity contribution is -0.171. The lowest BCUT2D eigenvalue weighted by atomic mass is 9.61. The third-order valence-corrected chi connectivity index (χ3v) is 4.94. The minimum Gasteiger partial charge on any atom is -0.460 e. The second-order valence-electron chi connectivity index (χ2n) is 8.69. The van der Waals surface area contributed by atoms with Crippen LogP contribution in [0, 0.1) is 10.8 Å². The number of rotatable bonds is 13. The Bertz CT molecular complexity index is 621. The second kappa shape index (κ2) is 14.1. The van der Waals surface area contributed by atoms with E-state index in [4.69, 9.17) is 9.47 Å². The van der Waals surface area contributed by atoms with Crippen molar-refractivity contribution >= 4 is 11.9 Å². The number of hydrogen-bond donors (Lipinski definition) is 0. The Labute approximate surface area is 195 Å². The number of carbonyl (C=O) groups is 2. The van der Waals surface area contributed by atoms with E-state index in [-0.39, 0.29) is 12.2 Å². The molecule has 6 heteroatoms. The van der Waals surface area contributed by atoms with Gasteiger partial charge in [0.15, 0.2) is 0 Å². The summed E-state index contributed by atoms with van der Waals surface area (Å²) in [5.41, 5.74) is -2.82. The van der Waals surface area contributed by atoms with Gasteiger partial charge in [-0.3, -0.25) is 9.59 Å². The predicted octanol–water partition coefficient (Wildman–Crippen LogP) is 4.25. The van der Waals surface area contributed by atoms with Crippen LogP contribution in [0.15, 0.2) is 48.6 Å². The molecule has 0 aromatic carbocycles. The Morgan fingerprint density at radius 3 is 1.09 bits per heavy atom. The monoisotopic (exact) mass is 448 g/mol. The number of ether oxygens (including phenoxy) is 2. The molecule has 0 N–H and O–H groups in total. The highest BCUT2D eigenvalue weighted by Crippen LogP contribution is 2.48. The maximum absolute atomic E-state index is 13.8. The van der Waals surface area contributed by atoms with Crippen molar-refractivity contribution < 1.29 is 19.1 Å². The maximum Gasteiger partial charge on any atom is 0.322 e. The van der Waals surface area contributed by atoms with Crippen molar-refractivity contribution in [3.8, 4) is 0 Å². The molecular weight excluding hydrogens is 404 g/mol. The minimum atomic E-state index is -1.41. The van der Waals surface area contributed by atoms with Gasteiger partial charge in [0.2, 0.25) is 0 Å². The molecular formula is C26H44N2O4. The molecule has 0 aromatic heterocycles. The van der Waals surface area contributed by atoms with Gasteiger partial charge in [0.05, 0.1) is 0 Å². The third kappa shape index (κ3) is 7.75. The summed E-state index contributed by atoms with van der Waals surface area (Å²) in [4.78, 5) is 31.5. The molecule has 0 bridgehead atoms. The summed E-state index contributed by atoms with van der Waals surface area (Å²) in [5, 5.41) is 0. The van der Waals surface area contributed by atoms with Gasteiger partial charge < -0.3 is 19.3 Å². The number of nitrogens with zero attached hydrogens (tertiary/aromatic N) is 2. The Morgan fingerprint density at radius 1 is 0.656 bits per heavy atom. The molecule has 0 radical (unpaired) electrons. The SMILES string of the molecule is C/C=C\C(/C=C\C)(C(=O)O[C@@H](C)CN(C)C)C(/C=C\C)(/C=C/C)C(=O)O[C@@H](C)CN(C)C. The zero-order valence-corrected chi connectivity index (χ0v) is 21.7. The number of esters is 2. The molecule has 0 rings (SSSR count). The average molecular weight is 449 g/mol. The van der Waals surface area contributed by atoms with E-state index in [2.05, 4.69) is 0 Å². The fourth-order valence-corrected chi connectivity index (χ4v) is 3.99. The van der Waals surface area contributed by atoms with Gasteiger partial charge in [-0.15, -0.1) is 0 Å². The van der Waals surface area contributed by atoms with Crippen LogP contribution in [0.25, 0.3) is 0 Å². The Hall–Kier alpha value is -2.18. The van der Waals surface area contributed by atoms with Crippen molar-refractivity contribution in [2.24, 2.45) is 10.8 Å². The molecule has 0 amide bonds. The first-order chi connectivity index (χ1) is 15.0. The van der Waals surface area contributed by atoms with Crippen molar-refractivity contribution in [2.75, 3.05) is 41.3 Å². The van der Waals surface area contributed by atoms with Gasteiger partial charge in [0.25, 0.3) is 0 Å². The first-order valence-corrected chi connectivity index (χ1v) is 11.2. The van der Waals surface area contributed by atoms with E-state index in [1.165, 1.54) is 0 Å². The molecule has 6 nitrogen and oxygen atoms in total. The Morgan fingerprint density at radius 2 is 0.906 bits per heavy atom. The van der Waals surface area contributed by atoms with Crippen molar-refractivity contribution in [3.05, 3.63) is 48.6 Å². The maximum atomic E-state index is 13.8. The van der Waals surface area contributed by atoms with Crippen molar-refractivity contribution in [1.29, 1.82) is 0 Å². The van der Waals surface area contributed by atoms with E-state index in [9.17, 15) is 9.59 Å². The van der Waals surface area contributed by atoms with Crippen LogP contribution in [0.2, 0.25) is 0 Å². The van der Waals surface area contributed by atoms with Crippen LogP contribution in [0.1, 0.15) is 41.5 Å². The number of carbonyl (C=O) groups excluding carboxylic acids is 2. The molecule has 0 fully saturated rings. The third-order valence-electron chi connectivity index (χ3n) is 4.94. The molecule has 0 saturated carbocycles. The van der Waals surface area contributed by atoms with Crippen LogP contribution in [-0.4, -0.2) is 75.2 Å². The first-order valence-electron chi connectivity index (χ1n) is 11.2. The zero-order valence-electron chi connectivity index (χ0n) is 21.7. The summed E-state index contributed by atoms with van der Waals surface area (Å²) in [6.45, 7) is 12.1.